The predicted octanol–water partition coefficient (Wildman–Crippen LogP) is 3.47. The zero-order valence-corrected chi connectivity index (χ0v) is 20.9. The van der Waals surface area contributed by atoms with Crippen molar-refractivity contribution in [2.75, 3.05) is 28.6 Å². The standard InChI is InChI=1S/C27H29N3O5S/c1-36(33,34)30(23-12-14-25(15-13-23)35-20-21-7-3-2-4-8-21)19-26(31)28-18-22-9-5-10-24(17-22)29-16-6-11-27(29)32/h2-5,7-10,12-15,17H,6,11,16,18-20H2,1H3,(H,28,31). The summed E-state index contributed by atoms with van der Waals surface area (Å²) in [6.07, 6.45) is 2.44. The molecule has 0 saturated carbocycles. The number of nitrogens with zero attached hydrogens (tertiary/aromatic N) is 2. The Labute approximate surface area is 211 Å². The predicted molar refractivity (Wildman–Crippen MR) is 139 cm³/mol. The molecule has 9 heteroatoms. The Kier molecular flexibility index (Phi) is 7.90. The summed E-state index contributed by atoms with van der Waals surface area (Å²) in [5.41, 5.74) is 3.02. The van der Waals surface area contributed by atoms with Crippen molar-refractivity contribution in [3.05, 3.63) is 90.0 Å². The van der Waals surface area contributed by atoms with Gasteiger partial charge in [0.1, 0.15) is 18.9 Å². The number of hydrogen-bond acceptors (Lipinski definition) is 5. The van der Waals surface area contributed by atoms with E-state index in [0.717, 1.165) is 33.8 Å². The van der Waals surface area contributed by atoms with Crippen LogP contribution in [0.2, 0.25) is 0 Å². The van der Waals surface area contributed by atoms with E-state index in [1.165, 1.54) is 0 Å². The maximum absolute atomic E-state index is 12.7. The lowest BCUT2D eigenvalue weighted by atomic mass is 10.2. The molecule has 4 rings (SSSR count). The fourth-order valence-corrected chi connectivity index (χ4v) is 4.85. The van der Waals surface area contributed by atoms with Crippen molar-refractivity contribution >= 4 is 33.2 Å². The molecule has 1 aliphatic rings. The van der Waals surface area contributed by atoms with E-state index in [2.05, 4.69) is 5.32 Å². The van der Waals surface area contributed by atoms with Gasteiger partial charge in [0.15, 0.2) is 0 Å². The smallest absolute Gasteiger partial charge is 0.241 e. The normalized spacial score (nSPS) is 13.5. The minimum Gasteiger partial charge on any atom is -0.489 e. The molecule has 1 aliphatic heterocycles. The lowest BCUT2D eigenvalue weighted by molar-refractivity contribution is -0.120. The van der Waals surface area contributed by atoms with Crippen molar-refractivity contribution in [2.45, 2.75) is 26.0 Å². The van der Waals surface area contributed by atoms with Crippen LogP contribution in [0.1, 0.15) is 24.0 Å². The molecule has 1 fully saturated rings. The molecule has 3 aromatic rings. The Hall–Kier alpha value is -3.85. The molecule has 1 N–H and O–H groups in total. The van der Waals surface area contributed by atoms with Crippen LogP contribution in [0.15, 0.2) is 78.9 Å². The minimum atomic E-state index is -3.70. The van der Waals surface area contributed by atoms with Crippen LogP contribution in [-0.2, 0) is 32.8 Å². The molecule has 0 unspecified atom stereocenters. The van der Waals surface area contributed by atoms with Gasteiger partial charge in [-0.3, -0.25) is 13.9 Å². The highest BCUT2D eigenvalue weighted by molar-refractivity contribution is 7.92. The molecule has 3 aromatic carbocycles. The maximum Gasteiger partial charge on any atom is 0.241 e. The van der Waals surface area contributed by atoms with Gasteiger partial charge < -0.3 is 15.0 Å². The van der Waals surface area contributed by atoms with Crippen molar-refractivity contribution in [1.29, 1.82) is 0 Å². The van der Waals surface area contributed by atoms with Gasteiger partial charge in [0, 0.05) is 25.2 Å². The summed E-state index contributed by atoms with van der Waals surface area (Å²) in [6.45, 7) is 0.950. The van der Waals surface area contributed by atoms with Crippen LogP contribution in [0.5, 0.6) is 5.75 Å². The molecule has 2 amide bonds. The molecular formula is C27H29N3O5S. The second-order valence-corrected chi connectivity index (χ2v) is 10.5. The van der Waals surface area contributed by atoms with Crippen LogP contribution in [0.25, 0.3) is 0 Å². The van der Waals surface area contributed by atoms with Gasteiger partial charge >= 0.3 is 0 Å². The molecular weight excluding hydrogens is 478 g/mol. The van der Waals surface area contributed by atoms with Crippen LogP contribution in [0, 0.1) is 0 Å². The molecule has 0 aromatic heterocycles. The molecule has 1 heterocycles. The molecule has 0 atom stereocenters. The van der Waals surface area contributed by atoms with Crippen LogP contribution in [-0.4, -0.2) is 39.6 Å². The van der Waals surface area contributed by atoms with Crippen molar-refractivity contribution in [1.82, 2.24) is 5.32 Å². The number of sulfonamides is 1. The molecule has 0 bridgehead atoms. The lowest BCUT2D eigenvalue weighted by Gasteiger charge is -2.22. The average molecular weight is 508 g/mol. The number of hydrogen-bond donors (Lipinski definition) is 1. The Morgan fingerprint density at radius 2 is 1.72 bits per heavy atom. The summed E-state index contributed by atoms with van der Waals surface area (Å²) in [6, 6.07) is 23.7. The van der Waals surface area contributed by atoms with Crippen LogP contribution >= 0.6 is 0 Å². The molecule has 36 heavy (non-hydrogen) atoms. The SMILES string of the molecule is CS(=O)(=O)N(CC(=O)NCc1cccc(N2CCCC2=O)c1)c1ccc(OCc2ccccc2)cc1. The van der Waals surface area contributed by atoms with Gasteiger partial charge in [0.2, 0.25) is 21.8 Å². The first kappa shape index (κ1) is 25.2. The second kappa shape index (κ2) is 11.3. The highest BCUT2D eigenvalue weighted by Crippen LogP contribution is 2.23. The van der Waals surface area contributed by atoms with Gasteiger partial charge in [0.05, 0.1) is 11.9 Å². The Morgan fingerprint density at radius 3 is 2.39 bits per heavy atom. The molecule has 188 valence electrons. The highest BCUT2D eigenvalue weighted by Gasteiger charge is 2.23. The zero-order valence-electron chi connectivity index (χ0n) is 20.1. The summed E-state index contributed by atoms with van der Waals surface area (Å²) < 4.78 is 31.7. The first-order valence-electron chi connectivity index (χ1n) is 11.7. The number of benzene rings is 3. The summed E-state index contributed by atoms with van der Waals surface area (Å²) in [4.78, 5) is 26.4. The quantitative estimate of drug-likeness (QED) is 0.453. The highest BCUT2D eigenvalue weighted by atomic mass is 32.2. The fraction of sp³-hybridized carbons (Fsp3) is 0.259. The van der Waals surface area contributed by atoms with Crippen molar-refractivity contribution in [3.8, 4) is 5.75 Å². The van der Waals surface area contributed by atoms with E-state index in [1.54, 1.807) is 29.2 Å². The van der Waals surface area contributed by atoms with E-state index in [4.69, 9.17) is 4.74 Å². The number of rotatable bonds is 10. The number of ether oxygens (including phenoxy) is 1. The number of amides is 2. The summed E-state index contributed by atoms with van der Waals surface area (Å²) in [5, 5.41) is 2.78. The van der Waals surface area contributed by atoms with Gasteiger partial charge in [-0.25, -0.2) is 8.42 Å². The van der Waals surface area contributed by atoms with Gasteiger partial charge in [0.25, 0.3) is 0 Å². The van der Waals surface area contributed by atoms with Gasteiger partial charge in [-0.2, -0.15) is 0 Å². The number of carbonyl (C=O) groups is 2. The van der Waals surface area contributed by atoms with Crippen LogP contribution in [0.3, 0.4) is 0 Å². The van der Waals surface area contributed by atoms with E-state index in [0.29, 0.717) is 31.0 Å². The third-order valence-electron chi connectivity index (χ3n) is 5.85. The molecule has 0 spiro atoms. The van der Waals surface area contributed by atoms with Crippen LogP contribution in [0.4, 0.5) is 11.4 Å². The van der Waals surface area contributed by atoms with E-state index in [-0.39, 0.29) is 19.0 Å². The summed E-state index contributed by atoms with van der Waals surface area (Å²) in [7, 11) is -3.70. The van der Waals surface area contributed by atoms with E-state index in [9.17, 15) is 18.0 Å². The Bertz CT molecular complexity index is 1310. The first-order valence-corrected chi connectivity index (χ1v) is 13.5. The van der Waals surface area contributed by atoms with E-state index in [1.807, 2.05) is 54.6 Å². The second-order valence-electron chi connectivity index (χ2n) is 8.63. The van der Waals surface area contributed by atoms with Crippen LogP contribution < -0.4 is 19.3 Å². The van der Waals surface area contributed by atoms with E-state index >= 15 is 0 Å². The van der Waals surface area contributed by atoms with Gasteiger partial charge in [-0.15, -0.1) is 0 Å². The molecule has 0 aliphatic carbocycles. The number of carbonyl (C=O) groups excluding carboxylic acids is 2. The Morgan fingerprint density at radius 1 is 1.00 bits per heavy atom. The van der Waals surface area contributed by atoms with Crippen molar-refractivity contribution in [2.24, 2.45) is 0 Å². The zero-order chi connectivity index (χ0) is 25.5. The van der Waals surface area contributed by atoms with Crippen molar-refractivity contribution < 1.29 is 22.7 Å². The van der Waals surface area contributed by atoms with Gasteiger partial charge in [-0.05, 0) is 53.9 Å². The number of nitrogens with one attached hydrogen (secondary N) is 1. The van der Waals surface area contributed by atoms with E-state index < -0.39 is 15.9 Å². The monoisotopic (exact) mass is 507 g/mol. The van der Waals surface area contributed by atoms with Gasteiger partial charge in [-0.1, -0.05) is 42.5 Å². The molecule has 1 saturated heterocycles. The topological polar surface area (TPSA) is 96.0 Å². The molecule has 8 nitrogen and oxygen atoms in total. The van der Waals surface area contributed by atoms with Crippen molar-refractivity contribution in [3.63, 3.8) is 0 Å². The summed E-state index contributed by atoms with van der Waals surface area (Å²) in [5.74, 6) is 0.251. The lowest BCUT2D eigenvalue weighted by Crippen LogP contribution is -2.40. The Balaban J connectivity index is 1.36. The first-order chi connectivity index (χ1) is 17.3. The maximum atomic E-state index is 12.7. The largest absolute Gasteiger partial charge is 0.489 e. The average Bonchev–Trinajstić information content (AvgIpc) is 3.31. The summed E-state index contributed by atoms with van der Waals surface area (Å²) >= 11 is 0. The third-order valence-corrected chi connectivity index (χ3v) is 6.99. The third kappa shape index (κ3) is 6.63. The molecule has 0 radical (unpaired) electrons. The minimum absolute atomic E-state index is 0.0939. The fourth-order valence-electron chi connectivity index (χ4n) is 3.99. The number of anilines is 2.